The van der Waals surface area contributed by atoms with Crippen LogP contribution in [-0.2, 0) is 10.0 Å². The molecular formula is C12H15BrFNO3S. The second-order valence-corrected chi connectivity index (χ2v) is 7.72. The monoisotopic (exact) mass is 351 g/mol. The van der Waals surface area contributed by atoms with E-state index >= 15 is 0 Å². The van der Waals surface area contributed by atoms with Gasteiger partial charge >= 0.3 is 0 Å². The summed E-state index contributed by atoms with van der Waals surface area (Å²) in [4.78, 5) is 0.0521. The fourth-order valence-corrected chi connectivity index (χ4v) is 4.42. The van der Waals surface area contributed by atoms with Crippen molar-refractivity contribution in [2.45, 2.75) is 23.8 Å². The summed E-state index contributed by atoms with van der Waals surface area (Å²) in [5.41, 5.74) is 0. The molecule has 0 aliphatic heterocycles. The van der Waals surface area contributed by atoms with Crippen LogP contribution < -0.4 is 0 Å². The van der Waals surface area contributed by atoms with Crippen molar-refractivity contribution in [2.24, 2.45) is 5.92 Å². The van der Waals surface area contributed by atoms with E-state index in [9.17, 15) is 17.9 Å². The first-order valence-corrected chi connectivity index (χ1v) is 8.13. The SMILES string of the molecule is CN(CC1CC(O)C1)S(=O)(=O)c1ccc(F)cc1Br. The molecule has 0 amide bonds. The van der Waals surface area contributed by atoms with Gasteiger partial charge in [-0.05, 0) is 52.9 Å². The predicted molar refractivity (Wildman–Crippen MR) is 72.6 cm³/mol. The number of rotatable bonds is 4. The van der Waals surface area contributed by atoms with Gasteiger partial charge in [-0.2, -0.15) is 0 Å². The topological polar surface area (TPSA) is 57.6 Å². The van der Waals surface area contributed by atoms with Crippen molar-refractivity contribution in [2.75, 3.05) is 13.6 Å². The molecule has 1 aliphatic rings. The Labute approximate surface area is 120 Å². The largest absolute Gasteiger partial charge is 0.393 e. The van der Waals surface area contributed by atoms with Crippen LogP contribution in [0.2, 0.25) is 0 Å². The molecule has 7 heteroatoms. The summed E-state index contributed by atoms with van der Waals surface area (Å²) >= 11 is 3.07. The fraction of sp³-hybridized carbons (Fsp3) is 0.500. The lowest BCUT2D eigenvalue weighted by Crippen LogP contribution is -2.39. The quantitative estimate of drug-likeness (QED) is 0.902. The van der Waals surface area contributed by atoms with E-state index in [1.807, 2.05) is 0 Å². The Hall–Kier alpha value is -0.500. The van der Waals surface area contributed by atoms with Crippen molar-refractivity contribution in [1.29, 1.82) is 0 Å². The predicted octanol–water partition coefficient (Wildman–Crippen LogP) is 1.98. The third-order valence-corrected chi connectivity index (χ3v) is 6.11. The van der Waals surface area contributed by atoms with Crippen LogP contribution in [0.1, 0.15) is 12.8 Å². The molecule has 1 aliphatic carbocycles. The maximum atomic E-state index is 13.0. The summed E-state index contributed by atoms with van der Waals surface area (Å²) in [6.07, 6.45) is 0.952. The van der Waals surface area contributed by atoms with E-state index in [1.54, 1.807) is 0 Å². The van der Waals surface area contributed by atoms with Gasteiger partial charge in [-0.3, -0.25) is 0 Å². The Morgan fingerprint density at radius 3 is 2.63 bits per heavy atom. The third-order valence-electron chi connectivity index (χ3n) is 3.31. The molecule has 2 rings (SSSR count). The first-order valence-electron chi connectivity index (χ1n) is 5.90. The van der Waals surface area contributed by atoms with Crippen LogP contribution in [0.5, 0.6) is 0 Å². The van der Waals surface area contributed by atoms with E-state index in [1.165, 1.54) is 17.4 Å². The van der Waals surface area contributed by atoms with E-state index in [0.29, 0.717) is 19.4 Å². The average Bonchev–Trinajstić information content (AvgIpc) is 2.26. The van der Waals surface area contributed by atoms with Crippen LogP contribution in [-0.4, -0.2) is 37.5 Å². The van der Waals surface area contributed by atoms with Crippen molar-refractivity contribution in [3.8, 4) is 0 Å². The molecule has 0 radical (unpaired) electrons. The third kappa shape index (κ3) is 3.16. The lowest BCUT2D eigenvalue weighted by molar-refractivity contribution is 0.0367. The van der Waals surface area contributed by atoms with E-state index < -0.39 is 15.8 Å². The zero-order valence-corrected chi connectivity index (χ0v) is 12.8. The number of hydrogen-bond acceptors (Lipinski definition) is 3. The van der Waals surface area contributed by atoms with Crippen LogP contribution in [0.25, 0.3) is 0 Å². The van der Waals surface area contributed by atoms with Gasteiger partial charge in [0.05, 0.1) is 11.0 Å². The molecule has 1 aromatic carbocycles. The minimum atomic E-state index is -3.64. The van der Waals surface area contributed by atoms with E-state index in [-0.39, 0.29) is 21.4 Å². The highest BCUT2D eigenvalue weighted by molar-refractivity contribution is 9.10. The molecular weight excluding hydrogens is 337 g/mol. The fourth-order valence-electron chi connectivity index (χ4n) is 2.16. The van der Waals surface area contributed by atoms with Crippen LogP contribution in [0, 0.1) is 11.7 Å². The molecule has 4 nitrogen and oxygen atoms in total. The summed E-state index contributed by atoms with van der Waals surface area (Å²) in [7, 11) is -2.14. The van der Waals surface area contributed by atoms with Gasteiger partial charge in [0.15, 0.2) is 0 Å². The molecule has 0 aromatic heterocycles. The van der Waals surface area contributed by atoms with Gasteiger partial charge in [0, 0.05) is 18.1 Å². The van der Waals surface area contributed by atoms with Gasteiger partial charge in [-0.1, -0.05) is 0 Å². The number of hydrogen-bond donors (Lipinski definition) is 1. The molecule has 0 saturated heterocycles. The van der Waals surface area contributed by atoms with Crippen molar-refractivity contribution in [3.63, 3.8) is 0 Å². The normalized spacial score (nSPS) is 23.4. The Morgan fingerprint density at radius 2 is 2.11 bits per heavy atom. The lowest BCUT2D eigenvalue weighted by Gasteiger charge is -2.34. The molecule has 0 unspecified atom stereocenters. The molecule has 0 heterocycles. The van der Waals surface area contributed by atoms with Gasteiger partial charge in [-0.25, -0.2) is 17.1 Å². The maximum Gasteiger partial charge on any atom is 0.243 e. The Kier molecular flexibility index (Phi) is 4.29. The Balaban J connectivity index is 2.16. The first-order chi connectivity index (χ1) is 8.80. The number of benzene rings is 1. The molecule has 19 heavy (non-hydrogen) atoms. The summed E-state index contributed by atoms with van der Waals surface area (Å²) in [5, 5.41) is 9.21. The van der Waals surface area contributed by atoms with Crippen LogP contribution in [0.15, 0.2) is 27.6 Å². The maximum absolute atomic E-state index is 13.0. The number of nitrogens with zero attached hydrogens (tertiary/aromatic N) is 1. The van der Waals surface area contributed by atoms with Crippen LogP contribution in [0.4, 0.5) is 4.39 Å². The van der Waals surface area contributed by atoms with Crippen LogP contribution >= 0.6 is 15.9 Å². The number of aliphatic hydroxyl groups is 1. The first kappa shape index (κ1) is 14.9. The summed E-state index contributed by atoms with van der Waals surface area (Å²) in [5.74, 6) is -0.301. The zero-order chi connectivity index (χ0) is 14.2. The summed E-state index contributed by atoms with van der Waals surface area (Å²) < 4.78 is 39.1. The molecule has 1 saturated carbocycles. The van der Waals surface area contributed by atoms with Gasteiger partial charge in [0.2, 0.25) is 10.0 Å². The second-order valence-electron chi connectivity index (χ2n) is 4.85. The molecule has 0 spiro atoms. The minimum absolute atomic E-state index is 0.0521. The lowest BCUT2D eigenvalue weighted by atomic mass is 9.82. The smallest absolute Gasteiger partial charge is 0.243 e. The molecule has 1 fully saturated rings. The van der Waals surface area contributed by atoms with Crippen molar-refractivity contribution < 1.29 is 17.9 Å². The van der Waals surface area contributed by atoms with E-state index in [2.05, 4.69) is 15.9 Å². The molecule has 1 aromatic rings. The zero-order valence-electron chi connectivity index (χ0n) is 10.4. The van der Waals surface area contributed by atoms with Crippen LogP contribution in [0.3, 0.4) is 0 Å². The van der Waals surface area contributed by atoms with Gasteiger partial charge in [-0.15, -0.1) is 0 Å². The van der Waals surface area contributed by atoms with E-state index in [4.69, 9.17) is 0 Å². The second kappa shape index (κ2) is 5.47. The van der Waals surface area contributed by atoms with Crippen molar-refractivity contribution in [1.82, 2.24) is 4.31 Å². The number of aliphatic hydroxyl groups excluding tert-OH is 1. The van der Waals surface area contributed by atoms with Gasteiger partial charge < -0.3 is 5.11 Å². The highest BCUT2D eigenvalue weighted by Crippen LogP contribution is 2.30. The molecule has 1 N–H and O–H groups in total. The molecule has 0 atom stereocenters. The molecule has 106 valence electrons. The van der Waals surface area contributed by atoms with E-state index in [0.717, 1.165) is 12.1 Å². The average molecular weight is 352 g/mol. The standard InChI is InChI=1S/C12H15BrFNO3S/c1-15(7-8-4-10(16)5-8)19(17,18)12-3-2-9(14)6-11(12)13/h2-3,6,8,10,16H,4-5,7H2,1H3. The summed E-state index contributed by atoms with van der Waals surface area (Å²) in [6.45, 7) is 0.364. The molecule has 0 bridgehead atoms. The van der Waals surface area contributed by atoms with Crippen molar-refractivity contribution in [3.05, 3.63) is 28.5 Å². The highest BCUT2D eigenvalue weighted by Gasteiger charge is 2.32. The minimum Gasteiger partial charge on any atom is -0.393 e. The van der Waals surface area contributed by atoms with Crippen molar-refractivity contribution >= 4 is 26.0 Å². The van der Waals surface area contributed by atoms with Gasteiger partial charge in [0.25, 0.3) is 0 Å². The Bertz CT molecular complexity index is 572. The Morgan fingerprint density at radius 1 is 1.47 bits per heavy atom. The number of halogens is 2. The van der Waals surface area contributed by atoms with Gasteiger partial charge in [0.1, 0.15) is 5.82 Å². The summed E-state index contributed by atoms with van der Waals surface area (Å²) in [6, 6.07) is 3.51. The highest BCUT2D eigenvalue weighted by atomic mass is 79.9. The number of sulfonamides is 1.